The number of amides is 1. The molecule has 1 heterocycles. The molecule has 0 aliphatic carbocycles. The monoisotopic (exact) mass is 419 g/mol. The Kier molecular flexibility index (Phi) is 5.55. The van der Waals surface area contributed by atoms with Crippen molar-refractivity contribution in [1.82, 2.24) is 0 Å². The SMILES string of the molecule is Cc1cc(OCC(=O)Nc2c(C(=O)c3ccccc3)oc3ccccc23)ccc1Cl. The van der Waals surface area contributed by atoms with Gasteiger partial charge in [0.05, 0.1) is 5.69 Å². The van der Waals surface area contributed by atoms with Crippen molar-refractivity contribution >= 4 is 39.9 Å². The van der Waals surface area contributed by atoms with Gasteiger partial charge in [0.1, 0.15) is 11.3 Å². The smallest absolute Gasteiger partial charge is 0.262 e. The minimum atomic E-state index is -0.406. The second-order valence-electron chi connectivity index (χ2n) is 6.75. The first-order valence-corrected chi connectivity index (χ1v) is 9.71. The first-order valence-electron chi connectivity index (χ1n) is 9.33. The summed E-state index contributed by atoms with van der Waals surface area (Å²) in [6.07, 6.45) is 0. The maximum Gasteiger partial charge on any atom is 0.262 e. The third-order valence-electron chi connectivity index (χ3n) is 4.60. The summed E-state index contributed by atoms with van der Waals surface area (Å²) in [5.41, 5.74) is 2.17. The molecular weight excluding hydrogens is 402 g/mol. The zero-order chi connectivity index (χ0) is 21.1. The molecule has 0 unspecified atom stereocenters. The van der Waals surface area contributed by atoms with Crippen LogP contribution in [0.3, 0.4) is 0 Å². The zero-order valence-corrected chi connectivity index (χ0v) is 16.9. The minimum Gasteiger partial charge on any atom is -0.484 e. The Morgan fingerprint density at radius 3 is 2.50 bits per heavy atom. The number of ether oxygens (including phenoxy) is 1. The number of anilines is 1. The van der Waals surface area contributed by atoms with E-state index < -0.39 is 5.91 Å². The fraction of sp³-hybridized carbons (Fsp3) is 0.0833. The van der Waals surface area contributed by atoms with E-state index in [1.165, 1.54) is 0 Å². The summed E-state index contributed by atoms with van der Waals surface area (Å²) in [6.45, 7) is 1.63. The van der Waals surface area contributed by atoms with E-state index in [1.807, 2.05) is 19.1 Å². The lowest BCUT2D eigenvalue weighted by Crippen LogP contribution is -2.21. The van der Waals surface area contributed by atoms with Gasteiger partial charge in [-0.2, -0.15) is 0 Å². The van der Waals surface area contributed by atoms with Gasteiger partial charge in [0.25, 0.3) is 5.91 Å². The Morgan fingerprint density at radius 1 is 1.00 bits per heavy atom. The highest BCUT2D eigenvalue weighted by Gasteiger charge is 2.23. The lowest BCUT2D eigenvalue weighted by atomic mass is 10.1. The van der Waals surface area contributed by atoms with Crippen LogP contribution in [0, 0.1) is 6.92 Å². The van der Waals surface area contributed by atoms with Crippen LogP contribution in [0.25, 0.3) is 11.0 Å². The van der Waals surface area contributed by atoms with Gasteiger partial charge in [-0.25, -0.2) is 0 Å². The fourth-order valence-corrected chi connectivity index (χ4v) is 3.20. The van der Waals surface area contributed by atoms with Crippen molar-refractivity contribution in [2.75, 3.05) is 11.9 Å². The van der Waals surface area contributed by atoms with Gasteiger partial charge in [0.15, 0.2) is 12.4 Å². The second-order valence-corrected chi connectivity index (χ2v) is 7.15. The van der Waals surface area contributed by atoms with Crippen LogP contribution >= 0.6 is 11.6 Å². The van der Waals surface area contributed by atoms with E-state index in [-0.39, 0.29) is 18.2 Å². The summed E-state index contributed by atoms with van der Waals surface area (Å²) in [5, 5.41) is 4.05. The predicted octanol–water partition coefficient (Wildman–Crippen LogP) is 5.64. The number of carbonyl (C=O) groups is 2. The van der Waals surface area contributed by atoms with E-state index in [4.69, 9.17) is 20.8 Å². The minimum absolute atomic E-state index is 0.0816. The molecule has 3 aromatic carbocycles. The zero-order valence-electron chi connectivity index (χ0n) is 16.1. The number of benzene rings is 3. The molecule has 1 N–H and O–H groups in total. The van der Waals surface area contributed by atoms with Gasteiger partial charge in [-0.3, -0.25) is 9.59 Å². The van der Waals surface area contributed by atoms with Crippen molar-refractivity contribution in [1.29, 1.82) is 0 Å². The van der Waals surface area contributed by atoms with Crippen LogP contribution in [-0.2, 0) is 4.79 Å². The van der Waals surface area contributed by atoms with Crippen LogP contribution in [0.2, 0.25) is 5.02 Å². The number of nitrogens with one attached hydrogen (secondary N) is 1. The number of aryl methyl sites for hydroxylation is 1. The van der Waals surface area contributed by atoms with Crippen LogP contribution in [0.5, 0.6) is 5.75 Å². The van der Waals surface area contributed by atoms with Gasteiger partial charge in [0, 0.05) is 16.0 Å². The molecule has 4 rings (SSSR count). The van der Waals surface area contributed by atoms with E-state index in [9.17, 15) is 9.59 Å². The molecule has 150 valence electrons. The average Bonchev–Trinajstić information content (AvgIpc) is 3.13. The average molecular weight is 420 g/mol. The molecule has 0 fully saturated rings. The van der Waals surface area contributed by atoms with E-state index in [1.54, 1.807) is 60.7 Å². The molecule has 4 aromatic rings. The molecule has 0 spiro atoms. The molecule has 0 aliphatic heterocycles. The van der Waals surface area contributed by atoms with Crippen LogP contribution in [0.15, 0.2) is 77.2 Å². The molecule has 0 radical (unpaired) electrons. The quantitative estimate of drug-likeness (QED) is 0.410. The molecule has 0 aliphatic rings. The number of halogens is 1. The van der Waals surface area contributed by atoms with Gasteiger partial charge in [-0.05, 0) is 42.8 Å². The van der Waals surface area contributed by atoms with Crippen molar-refractivity contribution < 1.29 is 18.7 Å². The van der Waals surface area contributed by atoms with Crippen molar-refractivity contribution in [3.63, 3.8) is 0 Å². The molecule has 0 bridgehead atoms. The standard InChI is InChI=1S/C24H18ClNO4/c1-15-13-17(11-12-19(15)25)29-14-21(27)26-22-18-9-5-6-10-20(18)30-24(22)23(28)16-7-3-2-4-8-16/h2-13H,14H2,1H3,(H,26,27). The van der Waals surface area contributed by atoms with E-state index in [0.717, 1.165) is 5.56 Å². The fourth-order valence-electron chi connectivity index (χ4n) is 3.08. The largest absolute Gasteiger partial charge is 0.484 e. The molecule has 1 aromatic heterocycles. The molecule has 1 amide bonds. The third-order valence-corrected chi connectivity index (χ3v) is 5.03. The number of hydrogen-bond acceptors (Lipinski definition) is 4. The number of carbonyl (C=O) groups excluding carboxylic acids is 2. The maximum atomic E-state index is 13.0. The highest BCUT2D eigenvalue weighted by molar-refractivity contribution is 6.31. The van der Waals surface area contributed by atoms with Gasteiger partial charge in [-0.1, -0.05) is 54.1 Å². The Morgan fingerprint density at radius 2 is 1.73 bits per heavy atom. The first kappa shape index (κ1) is 19.7. The number of hydrogen-bond donors (Lipinski definition) is 1. The van der Waals surface area contributed by atoms with Crippen LogP contribution < -0.4 is 10.1 Å². The Bertz CT molecular complexity index is 1230. The molecule has 0 saturated carbocycles. The van der Waals surface area contributed by atoms with E-state index in [2.05, 4.69) is 5.32 Å². The summed E-state index contributed by atoms with van der Waals surface area (Å²) in [4.78, 5) is 25.6. The molecule has 6 heteroatoms. The number of ketones is 1. The van der Waals surface area contributed by atoms with Crippen molar-refractivity contribution in [3.05, 3.63) is 94.7 Å². The highest BCUT2D eigenvalue weighted by atomic mass is 35.5. The number of para-hydroxylation sites is 1. The predicted molar refractivity (Wildman–Crippen MR) is 116 cm³/mol. The van der Waals surface area contributed by atoms with Crippen molar-refractivity contribution in [2.45, 2.75) is 6.92 Å². The Balaban J connectivity index is 1.59. The van der Waals surface area contributed by atoms with Crippen LogP contribution in [0.4, 0.5) is 5.69 Å². The molecule has 0 atom stereocenters. The van der Waals surface area contributed by atoms with Gasteiger partial charge in [-0.15, -0.1) is 0 Å². The lowest BCUT2D eigenvalue weighted by molar-refractivity contribution is -0.118. The van der Waals surface area contributed by atoms with Crippen molar-refractivity contribution in [2.24, 2.45) is 0 Å². The van der Waals surface area contributed by atoms with Gasteiger partial charge >= 0.3 is 0 Å². The van der Waals surface area contributed by atoms with E-state index >= 15 is 0 Å². The first-order chi connectivity index (χ1) is 14.5. The third kappa shape index (κ3) is 4.07. The topological polar surface area (TPSA) is 68.5 Å². The number of furan rings is 1. The Labute approximate surface area is 178 Å². The molecule has 30 heavy (non-hydrogen) atoms. The summed E-state index contributed by atoms with van der Waals surface area (Å²) in [6, 6.07) is 21.1. The summed E-state index contributed by atoms with van der Waals surface area (Å²) < 4.78 is 11.4. The van der Waals surface area contributed by atoms with E-state index in [0.29, 0.717) is 33.0 Å². The second kappa shape index (κ2) is 8.43. The van der Waals surface area contributed by atoms with Gasteiger partial charge in [0.2, 0.25) is 5.78 Å². The maximum absolute atomic E-state index is 13.0. The summed E-state index contributed by atoms with van der Waals surface area (Å²) >= 11 is 6.01. The molecule has 5 nitrogen and oxygen atoms in total. The molecular formula is C24H18ClNO4. The summed E-state index contributed by atoms with van der Waals surface area (Å²) in [5.74, 6) is -0.101. The Hall–Kier alpha value is -3.57. The number of fused-ring (bicyclic) bond motifs is 1. The highest BCUT2D eigenvalue weighted by Crippen LogP contribution is 2.32. The van der Waals surface area contributed by atoms with Gasteiger partial charge < -0.3 is 14.5 Å². The van der Waals surface area contributed by atoms with Crippen LogP contribution in [0.1, 0.15) is 21.7 Å². The molecule has 0 saturated heterocycles. The van der Waals surface area contributed by atoms with Crippen LogP contribution in [-0.4, -0.2) is 18.3 Å². The number of rotatable bonds is 6. The summed E-state index contributed by atoms with van der Waals surface area (Å²) in [7, 11) is 0. The van der Waals surface area contributed by atoms with Crippen molar-refractivity contribution in [3.8, 4) is 5.75 Å². The normalized spacial score (nSPS) is 10.7. The lowest BCUT2D eigenvalue weighted by Gasteiger charge is -2.09.